The van der Waals surface area contributed by atoms with Gasteiger partial charge in [0.2, 0.25) is 0 Å². The second-order valence-electron chi connectivity index (χ2n) is 3.40. The Hall–Kier alpha value is -1.76. The lowest BCUT2D eigenvalue weighted by Gasteiger charge is -2.07. The molecule has 3 amide bonds. The van der Waals surface area contributed by atoms with Crippen LogP contribution in [0.15, 0.2) is 22.7 Å². The van der Waals surface area contributed by atoms with Gasteiger partial charge in [0, 0.05) is 18.7 Å². The van der Waals surface area contributed by atoms with E-state index in [1.165, 1.54) is 0 Å². The fraction of sp³-hybridized carbons (Fsp3) is 0.273. The molecule has 0 aromatic heterocycles. The highest BCUT2D eigenvalue weighted by Crippen LogP contribution is 2.25. The summed E-state index contributed by atoms with van der Waals surface area (Å²) < 4.78 is 5.77. The molecular weight excluding hydrogens is 302 g/mol. The number of nitrogens with two attached hydrogens (primary N) is 1. The summed E-state index contributed by atoms with van der Waals surface area (Å²) in [5.74, 6) is 0.423. The SMILES string of the molecule is COc1ccc(C(=O)NCCNC(N)=O)cc1Br. The zero-order valence-electron chi connectivity index (χ0n) is 9.83. The van der Waals surface area contributed by atoms with E-state index < -0.39 is 6.03 Å². The number of hydrogen-bond acceptors (Lipinski definition) is 3. The van der Waals surface area contributed by atoms with Crippen molar-refractivity contribution in [2.75, 3.05) is 20.2 Å². The van der Waals surface area contributed by atoms with Crippen LogP contribution in [-0.2, 0) is 0 Å². The van der Waals surface area contributed by atoms with Crippen molar-refractivity contribution in [2.45, 2.75) is 0 Å². The molecule has 0 saturated carbocycles. The van der Waals surface area contributed by atoms with Crippen molar-refractivity contribution in [3.05, 3.63) is 28.2 Å². The summed E-state index contributed by atoms with van der Waals surface area (Å²) in [6.07, 6.45) is 0. The van der Waals surface area contributed by atoms with Crippen molar-refractivity contribution in [3.8, 4) is 5.75 Å². The highest BCUT2D eigenvalue weighted by molar-refractivity contribution is 9.10. The quantitative estimate of drug-likeness (QED) is 0.703. The number of benzene rings is 1. The van der Waals surface area contributed by atoms with E-state index in [4.69, 9.17) is 10.5 Å². The number of primary amides is 1. The smallest absolute Gasteiger partial charge is 0.312 e. The monoisotopic (exact) mass is 315 g/mol. The van der Waals surface area contributed by atoms with Crippen molar-refractivity contribution < 1.29 is 14.3 Å². The molecule has 1 rings (SSSR count). The van der Waals surface area contributed by atoms with E-state index in [2.05, 4.69) is 26.6 Å². The van der Waals surface area contributed by atoms with Gasteiger partial charge < -0.3 is 21.1 Å². The van der Waals surface area contributed by atoms with Gasteiger partial charge in [0.05, 0.1) is 11.6 Å². The summed E-state index contributed by atoms with van der Waals surface area (Å²) in [6, 6.07) is 4.40. The lowest BCUT2D eigenvalue weighted by molar-refractivity contribution is 0.0954. The first-order chi connectivity index (χ1) is 8.54. The molecule has 4 N–H and O–H groups in total. The van der Waals surface area contributed by atoms with Gasteiger partial charge in [-0.15, -0.1) is 0 Å². The Labute approximate surface area is 113 Å². The fourth-order valence-electron chi connectivity index (χ4n) is 1.27. The molecule has 0 atom stereocenters. The lowest BCUT2D eigenvalue weighted by Crippen LogP contribution is -2.37. The predicted molar refractivity (Wildman–Crippen MR) is 70.6 cm³/mol. The minimum atomic E-state index is -0.614. The van der Waals surface area contributed by atoms with Gasteiger partial charge in [0.25, 0.3) is 5.91 Å². The molecule has 0 fully saturated rings. The topological polar surface area (TPSA) is 93.4 Å². The van der Waals surface area contributed by atoms with E-state index in [0.29, 0.717) is 28.9 Å². The van der Waals surface area contributed by atoms with E-state index in [-0.39, 0.29) is 5.91 Å². The Morgan fingerprint density at radius 3 is 2.56 bits per heavy atom. The van der Waals surface area contributed by atoms with Crippen LogP contribution in [0.2, 0.25) is 0 Å². The first kappa shape index (κ1) is 14.3. The third-order valence-corrected chi connectivity index (χ3v) is 2.74. The maximum Gasteiger partial charge on any atom is 0.312 e. The number of hydrogen-bond donors (Lipinski definition) is 3. The molecule has 0 spiro atoms. The standard InChI is InChI=1S/C11H14BrN3O3/c1-18-9-3-2-7(6-8(9)12)10(16)14-4-5-15-11(13)17/h2-3,6H,4-5H2,1H3,(H,14,16)(H3,13,15,17). The maximum absolute atomic E-state index is 11.7. The molecule has 0 unspecified atom stereocenters. The van der Waals surface area contributed by atoms with Crippen molar-refractivity contribution in [3.63, 3.8) is 0 Å². The van der Waals surface area contributed by atoms with Gasteiger partial charge in [-0.3, -0.25) is 4.79 Å². The van der Waals surface area contributed by atoms with E-state index in [1.54, 1.807) is 25.3 Å². The molecule has 7 heteroatoms. The number of nitrogens with one attached hydrogen (secondary N) is 2. The van der Waals surface area contributed by atoms with E-state index >= 15 is 0 Å². The van der Waals surface area contributed by atoms with Gasteiger partial charge in [0.1, 0.15) is 5.75 Å². The molecule has 0 radical (unpaired) electrons. The summed E-state index contributed by atoms with van der Waals surface area (Å²) in [7, 11) is 1.55. The van der Waals surface area contributed by atoms with Crippen LogP contribution in [0.3, 0.4) is 0 Å². The number of carbonyl (C=O) groups is 2. The molecule has 18 heavy (non-hydrogen) atoms. The normalized spacial score (nSPS) is 9.67. The largest absolute Gasteiger partial charge is 0.496 e. The molecular formula is C11H14BrN3O3. The molecule has 98 valence electrons. The summed E-state index contributed by atoms with van der Waals surface area (Å²) in [4.78, 5) is 22.1. The molecule has 0 aliphatic carbocycles. The highest BCUT2D eigenvalue weighted by atomic mass is 79.9. The van der Waals surface area contributed by atoms with E-state index in [1.807, 2.05) is 0 Å². The Morgan fingerprint density at radius 1 is 1.33 bits per heavy atom. The molecule has 0 bridgehead atoms. The van der Waals surface area contributed by atoms with Crippen LogP contribution in [0.1, 0.15) is 10.4 Å². The second-order valence-corrected chi connectivity index (χ2v) is 4.25. The van der Waals surface area contributed by atoms with Crippen LogP contribution >= 0.6 is 15.9 Å². The zero-order chi connectivity index (χ0) is 13.5. The number of ether oxygens (including phenoxy) is 1. The average Bonchev–Trinajstić information content (AvgIpc) is 2.34. The molecule has 0 saturated heterocycles. The minimum Gasteiger partial charge on any atom is -0.496 e. The Bertz CT molecular complexity index is 451. The van der Waals surface area contributed by atoms with Crippen molar-refractivity contribution >= 4 is 27.9 Å². The molecule has 1 aromatic rings. The van der Waals surface area contributed by atoms with Gasteiger partial charge in [-0.25, -0.2) is 4.79 Å². The summed E-state index contributed by atoms with van der Waals surface area (Å²) in [6.45, 7) is 0.601. The highest BCUT2D eigenvalue weighted by Gasteiger charge is 2.08. The van der Waals surface area contributed by atoms with Gasteiger partial charge in [-0.05, 0) is 34.1 Å². The van der Waals surface area contributed by atoms with Crippen molar-refractivity contribution in [1.29, 1.82) is 0 Å². The number of halogens is 1. The van der Waals surface area contributed by atoms with E-state index in [9.17, 15) is 9.59 Å². The van der Waals surface area contributed by atoms with Gasteiger partial charge in [-0.2, -0.15) is 0 Å². The maximum atomic E-state index is 11.7. The molecule has 0 aliphatic heterocycles. The van der Waals surface area contributed by atoms with Crippen LogP contribution < -0.4 is 21.1 Å². The van der Waals surface area contributed by atoms with Crippen LogP contribution in [0, 0.1) is 0 Å². The first-order valence-electron chi connectivity index (χ1n) is 5.19. The third-order valence-electron chi connectivity index (χ3n) is 2.12. The van der Waals surface area contributed by atoms with Crippen LogP contribution in [0.25, 0.3) is 0 Å². The molecule has 6 nitrogen and oxygen atoms in total. The minimum absolute atomic E-state index is 0.232. The first-order valence-corrected chi connectivity index (χ1v) is 5.99. The summed E-state index contributed by atoms with van der Waals surface area (Å²) in [5.41, 5.74) is 5.39. The molecule has 1 aromatic carbocycles. The second kappa shape index (κ2) is 6.85. The fourth-order valence-corrected chi connectivity index (χ4v) is 1.81. The van der Waals surface area contributed by atoms with Crippen LogP contribution in [-0.4, -0.2) is 32.1 Å². The number of amides is 3. The van der Waals surface area contributed by atoms with Gasteiger partial charge in [0.15, 0.2) is 0 Å². The van der Waals surface area contributed by atoms with Gasteiger partial charge >= 0.3 is 6.03 Å². The molecule has 0 heterocycles. The van der Waals surface area contributed by atoms with Gasteiger partial charge in [-0.1, -0.05) is 0 Å². The number of methoxy groups -OCH3 is 1. The number of urea groups is 1. The lowest BCUT2D eigenvalue weighted by atomic mass is 10.2. The molecule has 0 aliphatic rings. The third kappa shape index (κ3) is 4.25. The Morgan fingerprint density at radius 2 is 2.00 bits per heavy atom. The predicted octanol–water partition coefficient (Wildman–Crippen LogP) is 0.856. The zero-order valence-corrected chi connectivity index (χ0v) is 11.4. The number of carbonyl (C=O) groups excluding carboxylic acids is 2. The Kier molecular flexibility index (Phi) is 5.44. The van der Waals surface area contributed by atoms with E-state index in [0.717, 1.165) is 0 Å². The average molecular weight is 316 g/mol. The summed E-state index contributed by atoms with van der Waals surface area (Å²) in [5, 5.41) is 5.02. The summed E-state index contributed by atoms with van der Waals surface area (Å²) >= 11 is 3.30. The number of rotatable bonds is 5. The Balaban J connectivity index is 2.51. The van der Waals surface area contributed by atoms with Crippen LogP contribution in [0.4, 0.5) is 4.79 Å². The van der Waals surface area contributed by atoms with Crippen molar-refractivity contribution in [1.82, 2.24) is 10.6 Å². The van der Waals surface area contributed by atoms with Crippen LogP contribution in [0.5, 0.6) is 5.75 Å². The van der Waals surface area contributed by atoms with Crippen molar-refractivity contribution in [2.24, 2.45) is 5.73 Å².